The van der Waals surface area contributed by atoms with E-state index in [9.17, 15) is 0 Å². The molecule has 86 valence electrons. The van der Waals surface area contributed by atoms with Gasteiger partial charge in [0.05, 0.1) is 23.9 Å². The van der Waals surface area contributed by atoms with Gasteiger partial charge < -0.3 is 4.74 Å². The van der Waals surface area contributed by atoms with E-state index in [1.165, 1.54) is 0 Å². The molecule has 0 aliphatic heterocycles. The van der Waals surface area contributed by atoms with Gasteiger partial charge in [-0.25, -0.2) is 0 Å². The fourth-order valence-electron chi connectivity index (χ4n) is 1.47. The number of hydrogen-bond donors (Lipinski definition) is 0. The van der Waals surface area contributed by atoms with Gasteiger partial charge in [0.15, 0.2) is 0 Å². The summed E-state index contributed by atoms with van der Waals surface area (Å²) in [5, 5.41) is 12.9. The van der Waals surface area contributed by atoms with Crippen LogP contribution in [-0.2, 0) is 6.54 Å². The molecule has 0 N–H and O–H groups in total. The van der Waals surface area contributed by atoms with Crippen LogP contribution in [0.25, 0.3) is 0 Å². The molecule has 0 bridgehead atoms. The quantitative estimate of drug-likeness (QED) is 0.804. The summed E-state index contributed by atoms with van der Waals surface area (Å²) in [6, 6.07) is 11.1. The van der Waals surface area contributed by atoms with E-state index in [4.69, 9.17) is 10.00 Å². The third kappa shape index (κ3) is 3.08. The first-order valence-electron chi connectivity index (χ1n) is 5.41. The van der Waals surface area contributed by atoms with Crippen molar-refractivity contribution in [3.8, 4) is 11.8 Å². The van der Waals surface area contributed by atoms with Crippen molar-refractivity contribution in [2.75, 3.05) is 6.61 Å². The first-order valence-corrected chi connectivity index (χ1v) is 5.41. The Hall–Kier alpha value is -2.28. The van der Waals surface area contributed by atoms with Gasteiger partial charge in [0.1, 0.15) is 12.4 Å². The third-order valence-corrected chi connectivity index (χ3v) is 2.35. The number of benzene rings is 1. The Kier molecular flexibility index (Phi) is 3.41. The van der Waals surface area contributed by atoms with Crippen molar-refractivity contribution in [2.24, 2.45) is 0 Å². The summed E-state index contributed by atoms with van der Waals surface area (Å²) < 4.78 is 7.39. The molecule has 4 heteroatoms. The molecule has 0 amide bonds. The van der Waals surface area contributed by atoms with Gasteiger partial charge in [-0.3, -0.25) is 4.68 Å². The maximum absolute atomic E-state index is 8.65. The Morgan fingerprint density at radius 1 is 1.29 bits per heavy atom. The standard InChI is InChI=1S/C13H13N3O/c1-11-6-7-16(15-11)8-9-17-13-4-2-12(10-14)3-5-13/h2-7H,8-9H2,1H3. The molecule has 0 aliphatic rings. The molecule has 0 aliphatic carbocycles. The lowest BCUT2D eigenvalue weighted by molar-refractivity contribution is 0.291. The number of hydrogen-bond acceptors (Lipinski definition) is 3. The van der Waals surface area contributed by atoms with E-state index < -0.39 is 0 Å². The van der Waals surface area contributed by atoms with Gasteiger partial charge in [-0.15, -0.1) is 0 Å². The monoisotopic (exact) mass is 227 g/mol. The highest BCUT2D eigenvalue weighted by Gasteiger charge is 1.96. The summed E-state index contributed by atoms with van der Waals surface area (Å²) in [7, 11) is 0. The van der Waals surface area contributed by atoms with Gasteiger partial charge in [-0.05, 0) is 37.3 Å². The molecular weight excluding hydrogens is 214 g/mol. The zero-order chi connectivity index (χ0) is 12.1. The number of ether oxygens (including phenoxy) is 1. The SMILES string of the molecule is Cc1ccn(CCOc2ccc(C#N)cc2)n1. The summed E-state index contributed by atoms with van der Waals surface area (Å²) in [6.45, 7) is 3.23. The Balaban J connectivity index is 1.84. The lowest BCUT2D eigenvalue weighted by Gasteiger charge is -2.06. The van der Waals surface area contributed by atoms with Crippen molar-refractivity contribution < 1.29 is 4.74 Å². The summed E-state index contributed by atoms with van der Waals surface area (Å²) in [4.78, 5) is 0. The molecule has 4 nitrogen and oxygen atoms in total. The fraction of sp³-hybridized carbons (Fsp3) is 0.231. The second-order valence-corrected chi connectivity index (χ2v) is 3.70. The van der Waals surface area contributed by atoms with Crippen LogP contribution < -0.4 is 4.74 Å². The Morgan fingerprint density at radius 3 is 2.65 bits per heavy atom. The molecule has 0 spiro atoms. The lowest BCUT2D eigenvalue weighted by atomic mass is 10.2. The van der Waals surface area contributed by atoms with Crippen LogP contribution in [0.1, 0.15) is 11.3 Å². The zero-order valence-corrected chi connectivity index (χ0v) is 9.63. The molecule has 1 aromatic heterocycles. The predicted molar refractivity (Wildman–Crippen MR) is 63.6 cm³/mol. The van der Waals surface area contributed by atoms with E-state index in [1.807, 2.05) is 23.9 Å². The molecule has 1 aromatic carbocycles. The van der Waals surface area contributed by atoms with Crippen LogP contribution in [0.3, 0.4) is 0 Å². The molecule has 1 heterocycles. The van der Waals surface area contributed by atoms with Crippen LogP contribution >= 0.6 is 0 Å². The molecule has 17 heavy (non-hydrogen) atoms. The van der Waals surface area contributed by atoms with Gasteiger partial charge in [-0.1, -0.05) is 0 Å². The molecular formula is C13H13N3O. The molecule has 0 radical (unpaired) electrons. The summed E-state index contributed by atoms with van der Waals surface area (Å²) in [5.41, 5.74) is 1.64. The number of nitrogens with zero attached hydrogens (tertiary/aromatic N) is 3. The molecule has 0 atom stereocenters. The lowest BCUT2D eigenvalue weighted by Crippen LogP contribution is -2.08. The normalized spacial score (nSPS) is 9.88. The van der Waals surface area contributed by atoms with Crippen molar-refractivity contribution in [3.63, 3.8) is 0 Å². The zero-order valence-electron chi connectivity index (χ0n) is 9.63. The molecule has 0 saturated heterocycles. The fourth-order valence-corrected chi connectivity index (χ4v) is 1.47. The third-order valence-electron chi connectivity index (χ3n) is 2.35. The Morgan fingerprint density at radius 2 is 2.06 bits per heavy atom. The smallest absolute Gasteiger partial charge is 0.119 e. The van der Waals surface area contributed by atoms with E-state index in [2.05, 4.69) is 11.2 Å². The summed E-state index contributed by atoms with van der Waals surface area (Å²) >= 11 is 0. The second kappa shape index (κ2) is 5.17. The largest absolute Gasteiger partial charge is 0.492 e. The first-order chi connectivity index (χ1) is 8.28. The molecule has 2 rings (SSSR count). The van der Waals surface area contributed by atoms with Crippen molar-refractivity contribution in [2.45, 2.75) is 13.5 Å². The van der Waals surface area contributed by atoms with Crippen molar-refractivity contribution in [1.82, 2.24) is 9.78 Å². The van der Waals surface area contributed by atoms with Crippen molar-refractivity contribution >= 4 is 0 Å². The summed E-state index contributed by atoms with van der Waals surface area (Å²) in [6.07, 6.45) is 1.93. The minimum Gasteiger partial charge on any atom is -0.492 e. The minimum absolute atomic E-state index is 0.563. The number of aromatic nitrogens is 2. The van der Waals surface area contributed by atoms with Gasteiger partial charge in [-0.2, -0.15) is 10.4 Å². The molecule has 2 aromatic rings. The maximum Gasteiger partial charge on any atom is 0.119 e. The Bertz CT molecular complexity index is 522. The molecule has 0 fully saturated rings. The van der Waals surface area contributed by atoms with Gasteiger partial charge in [0, 0.05) is 6.20 Å². The van der Waals surface area contributed by atoms with Crippen LogP contribution in [0.4, 0.5) is 0 Å². The predicted octanol–water partition coefficient (Wildman–Crippen LogP) is 2.14. The van der Waals surface area contributed by atoms with E-state index in [0.29, 0.717) is 18.7 Å². The molecule has 0 saturated carbocycles. The average Bonchev–Trinajstić information content (AvgIpc) is 2.76. The van der Waals surface area contributed by atoms with E-state index in [0.717, 1.165) is 11.4 Å². The summed E-state index contributed by atoms with van der Waals surface area (Å²) in [5.74, 6) is 0.771. The second-order valence-electron chi connectivity index (χ2n) is 3.70. The van der Waals surface area contributed by atoms with Crippen LogP contribution in [0.2, 0.25) is 0 Å². The first kappa shape index (κ1) is 11.2. The van der Waals surface area contributed by atoms with Crippen molar-refractivity contribution in [1.29, 1.82) is 5.26 Å². The van der Waals surface area contributed by atoms with Gasteiger partial charge >= 0.3 is 0 Å². The topological polar surface area (TPSA) is 50.8 Å². The van der Waals surface area contributed by atoms with E-state index in [-0.39, 0.29) is 0 Å². The van der Waals surface area contributed by atoms with Crippen LogP contribution in [0.5, 0.6) is 5.75 Å². The number of nitriles is 1. The van der Waals surface area contributed by atoms with Crippen LogP contribution in [0.15, 0.2) is 36.5 Å². The van der Waals surface area contributed by atoms with Crippen molar-refractivity contribution in [3.05, 3.63) is 47.8 Å². The molecule has 0 unspecified atom stereocenters. The number of rotatable bonds is 4. The highest BCUT2D eigenvalue weighted by atomic mass is 16.5. The van der Waals surface area contributed by atoms with Crippen LogP contribution in [-0.4, -0.2) is 16.4 Å². The highest BCUT2D eigenvalue weighted by Crippen LogP contribution is 2.11. The van der Waals surface area contributed by atoms with E-state index >= 15 is 0 Å². The van der Waals surface area contributed by atoms with Crippen LogP contribution in [0, 0.1) is 18.3 Å². The highest BCUT2D eigenvalue weighted by molar-refractivity contribution is 5.34. The average molecular weight is 227 g/mol. The van der Waals surface area contributed by atoms with Gasteiger partial charge in [0.25, 0.3) is 0 Å². The maximum atomic E-state index is 8.65. The Labute approximate surface area is 100 Å². The number of aryl methyl sites for hydroxylation is 1. The minimum atomic E-state index is 0.563. The van der Waals surface area contributed by atoms with E-state index in [1.54, 1.807) is 24.3 Å². The van der Waals surface area contributed by atoms with Gasteiger partial charge in [0.2, 0.25) is 0 Å².